The van der Waals surface area contributed by atoms with E-state index in [2.05, 4.69) is 15.0 Å². The quantitative estimate of drug-likeness (QED) is 0.518. The van der Waals surface area contributed by atoms with Crippen molar-refractivity contribution >= 4 is 18.0 Å². The van der Waals surface area contributed by atoms with Crippen LogP contribution in [-0.2, 0) is 6.42 Å². The maximum atomic E-state index is 11.2. The molecular formula is C16H18N6O. The maximum absolute atomic E-state index is 11.2. The van der Waals surface area contributed by atoms with Crippen LogP contribution in [0, 0.1) is 5.41 Å². The van der Waals surface area contributed by atoms with Gasteiger partial charge in [-0.2, -0.15) is 0 Å². The number of hydrogen-bond acceptors (Lipinski definition) is 5. The second-order valence-corrected chi connectivity index (χ2v) is 4.93. The highest BCUT2D eigenvalue weighted by Crippen LogP contribution is 2.14. The third-order valence-corrected chi connectivity index (χ3v) is 3.31. The highest BCUT2D eigenvalue weighted by molar-refractivity contribution is 6.01. The number of nitrogens with zero attached hydrogens (tertiary/aromatic N) is 3. The molecule has 0 fully saturated rings. The summed E-state index contributed by atoms with van der Waals surface area (Å²) in [6.07, 6.45) is 8.29. The zero-order valence-electron chi connectivity index (χ0n) is 12.5. The molecule has 1 unspecified atom stereocenters. The minimum absolute atomic E-state index is 0.275. The van der Waals surface area contributed by atoms with Gasteiger partial charge in [0.25, 0.3) is 0 Å². The molecule has 0 saturated carbocycles. The van der Waals surface area contributed by atoms with Crippen molar-refractivity contribution in [2.24, 2.45) is 16.5 Å². The highest BCUT2D eigenvalue weighted by atomic mass is 16.1. The first-order chi connectivity index (χ1) is 11.1. The molecule has 1 amide bonds. The van der Waals surface area contributed by atoms with E-state index in [0.717, 1.165) is 5.56 Å². The normalized spacial score (nSPS) is 12.6. The molecule has 5 N–H and O–H groups in total. The Hall–Kier alpha value is -3.09. The van der Waals surface area contributed by atoms with Crippen molar-refractivity contribution in [2.75, 3.05) is 6.54 Å². The lowest BCUT2D eigenvalue weighted by Gasteiger charge is -2.12. The Bertz CT molecular complexity index is 714. The van der Waals surface area contributed by atoms with Gasteiger partial charge < -0.3 is 16.9 Å². The topological polar surface area (TPSA) is 131 Å². The van der Waals surface area contributed by atoms with E-state index in [1.165, 1.54) is 12.4 Å². The van der Waals surface area contributed by atoms with E-state index in [1.807, 2.05) is 12.1 Å². The van der Waals surface area contributed by atoms with Gasteiger partial charge in [0.15, 0.2) is 0 Å². The van der Waals surface area contributed by atoms with Crippen LogP contribution in [-0.4, -0.2) is 34.5 Å². The van der Waals surface area contributed by atoms with Crippen LogP contribution in [0.1, 0.15) is 27.4 Å². The van der Waals surface area contributed by atoms with Crippen molar-refractivity contribution in [3.63, 3.8) is 0 Å². The van der Waals surface area contributed by atoms with Crippen molar-refractivity contribution < 1.29 is 4.79 Å². The fourth-order valence-corrected chi connectivity index (χ4v) is 2.07. The maximum Gasteiger partial charge on any atom is 0.250 e. The fourth-order valence-electron chi connectivity index (χ4n) is 2.07. The zero-order valence-corrected chi connectivity index (χ0v) is 12.5. The highest BCUT2D eigenvalue weighted by Gasteiger charge is 2.15. The Balaban J connectivity index is 2.10. The van der Waals surface area contributed by atoms with E-state index >= 15 is 0 Å². The van der Waals surface area contributed by atoms with Gasteiger partial charge in [0, 0.05) is 37.5 Å². The van der Waals surface area contributed by atoms with Crippen LogP contribution in [0.2, 0.25) is 0 Å². The minimum atomic E-state index is -0.574. The standard InChI is InChI=1S/C16H18N6O/c17-7-14(12-6-13(16(19)23)10-21-9-12)15(18)22-5-3-11-2-1-4-20-8-11/h1-2,4,6-10,14,17H,3,5H2,(H2,18,22)(H2,19,23). The molecule has 0 aliphatic carbocycles. The van der Waals surface area contributed by atoms with Crippen LogP contribution < -0.4 is 11.5 Å². The Labute approximate surface area is 134 Å². The first kappa shape index (κ1) is 16.3. The average Bonchev–Trinajstić information content (AvgIpc) is 2.57. The number of aliphatic imine (C=N–C) groups is 1. The molecular weight excluding hydrogens is 292 g/mol. The average molecular weight is 310 g/mol. The number of carbonyl (C=O) groups excluding carboxylic acids is 1. The van der Waals surface area contributed by atoms with Crippen LogP contribution in [0.25, 0.3) is 0 Å². The van der Waals surface area contributed by atoms with E-state index < -0.39 is 11.8 Å². The third-order valence-electron chi connectivity index (χ3n) is 3.31. The fraction of sp³-hybridized carbons (Fsp3) is 0.188. The molecule has 0 aromatic carbocycles. The lowest BCUT2D eigenvalue weighted by atomic mass is 9.99. The van der Waals surface area contributed by atoms with E-state index in [9.17, 15) is 4.79 Å². The number of pyridine rings is 2. The van der Waals surface area contributed by atoms with Crippen LogP contribution >= 0.6 is 0 Å². The molecule has 7 heteroatoms. The molecule has 2 heterocycles. The van der Waals surface area contributed by atoms with E-state index in [0.29, 0.717) is 24.4 Å². The monoisotopic (exact) mass is 310 g/mol. The molecule has 0 bridgehead atoms. The van der Waals surface area contributed by atoms with Crippen LogP contribution in [0.3, 0.4) is 0 Å². The number of hydrogen-bond donors (Lipinski definition) is 3. The predicted molar refractivity (Wildman–Crippen MR) is 88.7 cm³/mol. The van der Waals surface area contributed by atoms with Gasteiger partial charge >= 0.3 is 0 Å². The van der Waals surface area contributed by atoms with Gasteiger partial charge in [0.2, 0.25) is 5.91 Å². The SMILES string of the molecule is N=CC(C(N)=NCCc1cccnc1)c1cncc(C(N)=O)c1. The molecule has 2 aromatic rings. The number of amidine groups is 1. The minimum Gasteiger partial charge on any atom is -0.387 e. The lowest BCUT2D eigenvalue weighted by Crippen LogP contribution is -2.24. The number of carbonyl (C=O) groups is 1. The van der Waals surface area contributed by atoms with Gasteiger partial charge in [0.05, 0.1) is 11.5 Å². The molecule has 0 aliphatic rings. The number of amides is 1. The van der Waals surface area contributed by atoms with Gasteiger partial charge in [0.1, 0.15) is 5.84 Å². The van der Waals surface area contributed by atoms with Gasteiger partial charge in [-0.1, -0.05) is 6.07 Å². The van der Waals surface area contributed by atoms with E-state index in [1.54, 1.807) is 24.7 Å². The van der Waals surface area contributed by atoms with Crippen molar-refractivity contribution in [3.05, 3.63) is 59.7 Å². The smallest absolute Gasteiger partial charge is 0.250 e. The van der Waals surface area contributed by atoms with Crippen molar-refractivity contribution in [1.29, 1.82) is 5.41 Å². The predicted octanol–water partition coefficient (Wildman–Crippen LogP) is 0.909. The summed E-state index contributed by atoms with van der Waals surface area (Å²) in [6, 6.07) is 5.41. The molecule has 2 aromatic heterocycles. The molecule has 0 aliphatic heterocycles. The summed E-state index contributed by atoms with van der Waals surface area (Å²) in [4.78, 5) is 23.5. The third kappa shape index (κ3) is 4.44. The van der Waals surface area contributed by atoms with Crippen LogP contribution in [0.15, 0.2) is 48.0 Å². The van der Waals surface area contributed by atoms with Gasteiger partial charge in [-0.15, -0.1) is 0 Å². The Kier molecular flexibility index (Phi) is 5.51. The molecule has 0 radical (unpaired) electrons. The number of aromatic nitrogens is 2. The number of nitrogens with two attached hydrogens (primary N) is 2. The number of primary amides is 1. The zero-order chi connectivity index (χ0) is 16.7. The first-order valence-electron chi connectivity index (χ1n) is 7.06. The summed E-state index contributed by atoms with van der Waals surface area (Å²) in [5.74, 6) is -0.807. The Morgan fingerprint density at radius 2 is 2.13 bits per heavy atom. The lowest BCUT2D eigenvalue weighted by molar-refractivity contribution is 0.1000. The summed E-state index contributed by atoms with van der Waals surface area (Å²) in [6.45, 7) is 0.491. The molecule has 7 nitrogen and oxygen atoms in total. The summed E-state index contributed by atoms with van der Waals surface area (Å²) < 4.78 is 0. The molecule has 1 atom stereocenters. The molecule has 0 spiro atoms. The Morgan fingerprint density at radius 1 is 1.30 bits per heavy atom. The van der Waals surface area contributed by atoms with E-state index in [-0.39, 0.29) is 5.56 Å². The summed E-state index contributed by atoms with van der Waals surface area (Å²) in [7, 11) is 0. The molecule has 0 saturated heterocycles. The number of nitrogens with one attached hydrogen (secondary N) is 1. The van der Waals surface area contributed by atoms with Gasteiger partial charge in [-0.25, -0.2) is 0 Å². The molecule has 23 heavy (non-hydrogen) atoms. The second-order valence-electron chi connectivity index (χ2n) is 4.93. The second kappa shape index (κ2) is 7.79. The van der Waals surface area contributed by atoms with Crippen LogP contribution in [0.5, 0.6) is 0 Å². The summed E-state index contributed by atoms with van der Waals surface area (Å²) in [5, 5.41) is 7.57. The molecule has 2 rings (SSSR count). The number of rotatable bonds is 7. The Morgan fingerprint density at radius 3 is 2.78 bits per heavy atom. The van der Waals surface area contributed by atoms with Gasteiger partial charge in [-0.3, -0.25) is 19.8 Å². The van der Waals surface area contributed by atoms with Crippen molar-refractivity contribution in [2.45, 2.75) is 12.3 Å². The van der Waals surface area contributed by atoms with Gasteiger partial charge in [-0.05, 0) is 29.7 Å². The summed E-state index contributed by atoms with van der Waals surface area (Å²) in [5.41, 5.74) is 13.2. The van der Waals surface area contributed by atoms with E-state index in [4.69, 9.17) is 16.9 Å². The van der Waals surface area contributed by atoms with Crippen molar-refractivity contribution in [1.82, 2.24) is 9.97 Å². The largest absolute Gasteiger partial charge is 0.387 e. The van der Waals surface area contributed by atoms with Crippen molar-refractivity contribution in [3.8, 4) is 0 Å². The summed E-state index contributed by atoms with van der Waals surface area (Å²) >= 11 is 0. The first-order valence-corrected chi connectivity index (χ1v) is 7.06. The van der Waals surface area contributed by atoms with Crippen LogP contribution in [0.4, 0.5) is 0 Å². The molecule has 118 valence electrons.